The van der Waals surface area contributed by atoms with Crippen molar-refractivity contribution in [2.45, 2.75) is 6.54 Å². The summed E-state index contributed by atoms with van der Waals surface area (Å²) in [6, 6.07) is 10.0. The van der Waals surface area contributed by atoms with E-state index in [0.29, 0.717) is 0 Å². The van der Waals surface area contributed by atoms with E-state index in [4.69, 9.17) is 5.41 Å². The standard InChI is InChI=1S/C8H10N2/c9-7-10-6-8-4-2-1-3-5-8/h1-5,7H,6H2,(H2,9,10). The second-order valence-electron chi connectivity index (χ2n) is 2.01. The lowest BCUT2D eigenvalue weighted by Crippen LogP contribution is -2.08. The van der Waals surface area contributed by atoms with Crippen molar-refractivity contribution in [2.24, 2.45) is 0 Å². The van der Waals surface area contributed by atoms with Crippen molar-refractivity contribution in [3.8, 4) is 0 Å². The Morgan fingerprint density at radius 1 is 1.30 bits per heavy atom. The van der Waals surface area contributed by atoms with Gasteiger partial charge in [-0.25, -0.2) is 0 Å². The molecule has 0 radical (unpaired) electrons. The van der Waals surface area contributed by atoms with Crippen LogP contribution in [0, 0.1) is 5.41 Å². The van der Waals surface area contributed by atoms with E-state index in [1.54, 1.807) is 0 Å². The molecule has 0 spiro atoms. The topological polar surface area (TPSA) is 35.9 Å². The Morgan fingerprint density at radius 3 is 2.60 bits per heavy atom. The van der Waals surface area contributed by atoms with E-state index >= 15 is 0 Å². The van der Waals surface area contributed by atoms with Crippen LogP contribution in [0.2, 0.25) is 0 Å². The molecule has 0 aliphatic rings. The predicted molar refractivity (Wildman–Crippen MR) is 42.1 cm³/mol. The molecule has 0 saturated carbocycles. The van der Waals surface area contributed by atoms with Gasteiger partial charge in [-0.2, -0.15) is 0 Å². The molecule has 0 aliphatic carbocycles. The largest absolute Gasteiger partial charge is 0.373 e. The summed E-state index contributed by atoms with van der Waals surface area (Å²) in [5, 5.41) is 9.52. The maximum atomic E-state index is 6.72. The van der Waals surface area contributed by atoms with E-state index in [0.717, 1.165) is 6.54 Å². The molecule has 0 atom stereocenters. The van der Waals surface area contributed by atoms with Crippen molar-refractivity contribution in [2.75, 3.05) is 0 Å². The van der Waals surface area contributed by atoms with Crippen molar-refractivity contribution >= 4 is 6.34 Å². The Labute approximate surface area is 60.4 Å². The minimum absolute atomic E-state index is 0.740. The van der Waals surface area contributed by atoms with Gasteiger partial charge in [-0.05, 0) is 5.56 Å². The van der Waals surface area contributed by atoms with E-state index in [-0.39, 0.29) is 0 Å². The molecule has 2 heteroatoms. The van der Waals surface area contributed by atoms with E-state index in [1.807, 2.05) is 30.3 Å². The lowest BCUT2D eigenvalue weighted by atomic mass is 10.2. The fourth-order valence-electron chi connectivity index (χ4n) is 0.765. The van der Waals surface area contributed by atoms with Gasteiger partial charge in [0.05, 0.1) is 6.34 Å². The Bertz CT molecular complexity index is 194. The van der Waals surface area contributed by atoms with Crippen LogP contribution < -0.4 is 5.32 Å². The molecule has 0 aromatic heterocycles. The molecule has 0 fully saturated rings. The second-order valence-corrected chi connectivity index (χ2v) is 2.01. The lowest BCUT2D eigenvalue weighted by Gasteiger charge is -1.97. The number of hydrogen-bond donors (Lipinski definition) is 2. The summed E-state index contributed by atoms with van der Waals surface area (Å²) < 4.78 is 0. The lowest BCUT2D eigenvalue weighted by molar-refractivity contribution is 0.928. The van der Waals surface area contributed by atoms with Crippen LogP contribution in [0.4, 0.5) is 0 Å². The summed E-state index contributed by atoms with van der Waals surface area (Å²) in [7, 11) is 0. The molecule has 1 aromatic carbocycles. The first-order chi connectivity index (χ1) is 4.93. The fraction of sp³-hybridized carbons (Fsp3) is 0.125. The molecule has 0 unspecified atom stereocenters. The third-order valence-corrected chi connectivity index (χ3v) is 1.25. The summed E-state index contributed by atoms with van der Waals surface area (Å²) in [6.07, 6.45) is 1.20. The third kappa shape index (κ3) is 1.90. The molecule has 1 aromatic rings. The smallest absolute Gasteiger partial charge is 0.0793 e. The van der Waals surface area contributed by atoms with Crippen LogP contribution in [0.5, 0.6) is 0 Å². The first kappa shape index (κ1) is 6.81. The minimum Gasteiger partial charge on any atom is -0.373 e. The summed E-state index contributed by atoms with van der Waals surface area (Å²) in [4.78, 5) is 0. The summed E-state index contributed by atoms with van der Waals surface area (Å²) in [5.41, 5.74) is 1.20. The summed E-state index contributed by atoms with van der Waals surface area (Å²) in [5.74, 6) is 0. The highest BCUT2D eigenvalue weighted by molar-refractivity contribution is 5.49. The molecule has 0 aliphatic heterocycles. The Morgan fingerprint density at radius 2 is 2.00 bits per heavy atom. The van der Waals surface area contributed by atoms with E-state index in [9.17, 15) is 0 Å². The van der Waals surface area contributed by atoms with Gasteiger partial charge in [0.15, 0.2) is 0 Å². The molecular formula is C8H10N2. The fourth-order valence-corrected chi connectivity index (χ4v) is 0.765. The number of hydrogen-bond acceptors (Lipinski definition) is 1. The normalized spacial score (nSPS) is 8.80. The predicted octanol–water partition coefficient (Wildman–Crippen LogP) is 1.38. The van der Waals surface area contributed by atoms with E-state index < -0.39 is 0 Å². The van der Waals surface area contributed by atoms with Gasteiger partial charge < -0.3 is 5.32 Å². The first-order valence-electron chi connectivity index (χ1n) is 3.20. The van der Waals surface area contributed by atoms with Crippen LogP contribution in [0.15, 0.2) is 30.3 Å². The number of benzene rings is 1. The Hall–Kier alpha value is -1.31. The van der Waals surface area contributed by atoms with Crippen LogP contribution in [-0.4, -0.2) is 6.34 Å². The molecule has 2 nitrogen and oxygen atoms in total. The maximum Gasteiger partial charge on any atom is 0.0793 e. The zero-order valence-electron chi connectivity index (χ0n) is 5.67. The van der Waals surface area contributed by atoms with Gasteiger partial charge in [0.25, 0.3) is 0 Å². The number of rotatable bonds is 3. The first-order valence-corrected chi connectivity index (χ1v) is 3.20. The highest BCUT2D eigenvalue weighted by atomic mass is 14.9. The van der Waals surface area contributed by atoms with Gasteiger partial charge in [0.1, 0.15) is 0 Å². The van der Waals surface area contributed by atoms with Crippen LogP contribution in [0.25, 0.3) is 0 Å². The zero-order chi connectivity index (χ0) is 7.23. The van der Waals surface area contributed by atoms with Crippen LogP contribution >= 0.6 is 0 Å². The number of nitrogens with one attached hydrogen (secondary N) is 2. The molecule has 1 rings (SSSR count). The van der Waals surface area contributed by atoms with Crippen LogP contribution in [-0.2, 0) is 6.54 Å². The Kier molecular flexibility index (Phi) is 2.49. The van der Waals surface area contributed by atoms with Gasteiger partial charge in [0.2, 0.25) is 0 Å². The van der Waals surface area contributed by atoms with Crippen molar-refractivity contribution < 1.29 is 0 Å². The van der Waals surface area contributed by atoms with Gasteiger partial charge >= 0.3 is 0 Å². The zero-order valence-corrected chi connectivity index (χ0v) is 5.67. The minimum atomic E-state index is 0.740. The quantitative estimate of drug-likeness (QED) is 0.475. The van der Waals surface area contributed by atoms with Crippen LogP contribution in [0.1, 0.15) is 5.56 Å². The van der Waals surface area contributed by atoms with Crippen molar-refractivity contribution in [3.63, 3.8) is 0 Å². The van der Waals surface area contributed by atoms with Crippen molar-refractivity contribution in [1.29, 1.82) is 5.41 Å². The van der Waals surface area contributed by atoms with E-state index in [1.165, 1.54) is 11.9 Å². The molecule has 0 saturated heterocycles. The highest BCUT2D eigenvalue weighted by Gasteiger charge is 1.84. The Balaban J connectivity index is 2.50. The van der Waals surface area contributed by atoms with Gasteiger partial charge in [-0.1, -0.05) is 30.3 Å². The molecule has 0 bridgehead atoms. The molecular weight excluding hydrogens is 124 g/mol. The third-order valence-electron chi connectivity index (χ3n) is 1.25. The van der Waals surface area contributed by atoms with Crippen LogP contribution in [0.3, 0.4) is 0 Å². The molecule has 2 N–H and O–H groups in total. The average Bonchev–Trinajstić information content (AvgIpc) is 2.03. The summed E-state index contributed by atoms with van der Waals surface area (Å²) >= 11 is 0. The average molecular weight is 134 g/mol. The molecule has 0 amide bonds. The molecule has 10 heavy (non-hydrogen) atoms. The highest BCUT2D eigenvalue weighted by Crippen LogP contribution is 1.95. The van der Waals surface area contributed by atoms with Gasteiger partial charge in [0, 0.05) is 6.54 Å². The molecule has 0 heterocycles. The monoisotopic (exact) mass is 134 g/mol. The molecule has 52 valence electrons. The van der Waals surface area contributed by atoms with Gasteiger partial charge in [-0.15, -0.1) is 0 Å². The SMILES string of the molecule is N=CNCc1ccccc1. The van der Waals surface area contributed by atoms with Crippen molar-refractivity contribution in [3.05, 3.63) is 35.9 Å². The van der Waals surface area contributed by atoms with Gasteiger partial charge in [-0.3, -0.25) is 5.41 Å². The van der Waals surface area contributed by atoms with E-state index in [2.05, 4.69) is 5.32 Å². The second kappa shape index (κ2) is 3.67. The van der Waals surface area contributed by atoms with Crippen molar-refractivity contribution in [1.82, 2.24) is 5.32 Å². The maximum absolute atomic E-state index is 6.72. The summed E-state index contributed by atoms with van der Waals surface area (Å²) in [6.45, 7) is 0.740.